The molecule has 34 heavy (non-hydrogen) atoms. The number of hydrogen-bond acceptors (Lipinski definition) is 7. The second kappa shape index (κ2) is 9.57. The number of carbonyl (C=O) groups excluding carboxylic acids is 1. The van der Waals surface area contributed by atoms with E-state index in [0.29, 0.717) is 39.9 Å². The van der Waals surface area contributed by atoms with Crippen LogP contribution in [0.15, 0.2) is 59.7 Å². The maximum atomic E-state index is 13.0. The number of rotatable bonds is 8. The summed E-state index contributed by atoms with van der Waals surface area (Å²) < 4.78 is 23.9. The van der Waals surface area contributed by atoms with Gasteiger partial charge in [0.15, 0.2) is 11.5 Å². The van der Waals surface area contributed by atoms with E-state index >= 15 is 0 Å². The first kappa shape index (κ1) is 22.7. The monoisotopic (exact) mass is 464 g/mol. The van der Waals surface area contributed by atoms with Crippen LogP contribution in [0, 0.1) is 0 Å². The number of ether oxygens (including phenoxy) is 4. The highest BCUT2D eigenvalue weighted by Gasteiger charge is 2.14. The Labute approximate surface area is 195 Å². The Bertz CT molecular complexity index is 1390. The van der Waals surface area contributed by atoms with Gasteiger partial charge in [-0.15, -0.1) is 0 Å². The summed E-state index contributed by atoms with van der Waals surface area (Å²) >= 11 is 0. The molecule has 0 radical (unpaired) electrons. The second-order valence-electron chi connectivity index (χ2n) is 7.31. The Morgan fingerprint density at radius 1 is 0.882 bits per heavy atom. The molecule has 2 aromatic heterocycles. The quantitative estimate of drug-likeness (QED) is 0.427. The normalized spacial score (nSPS) is 10.7. The van der Waals surface area contributed by atoms with E-state index in [1.165, 1.54) is 29.5 Å². The van der Waals surface area contributed by atoms with Gasteiger partial charge in [0.25, 0.3) is 5.56 Å². The number of anilines is 1. The van der Waals surface area contributed by atoms with Crippen molar-refractivity contribution < 1.29 is 23.7 Å². The first-order valence-corrected chi connectivity index (χ1v) is 10.3. The molecule has 0 fully saturated rings. The van der Waals surface area contributed by atoms with E-state index in [4.69, 9.17) is 18.9 Å². The number of aromatic nitrogens is 3. The van der Waals surface area contributed by atoms with Gasteiger partial charge >= 0.3 is 0 Å². The molecule has 0 bridgehead atoms. The molecule has 4 rings (SSSR count). The third-order valence-corrected chi connectivity index (χ3v) is 5.23. The average Bonchev–Trinajstić information content (AvgIpc) is 3.30. The lowest BCUT2D eigenvalue weighted by Gasteiger charge is -2.11. The van der Waals surface area contributed by atoms with Crippen molar-refractivity contribution >= 4 is 17.1 Å². The zero-order valence-electron chi connectivity index (χ0n) is 19.2. The van der Waals surface area contributed by atoms with Gasteiger partial charge in [0.2, 0.25) is 5.91 Å². The molecule has 0 saturated heterocycles. The summed E-state index contributed by atoms with van der Waals surface area (Å²) in [5, 5.41) is 7.24. The minimum absolute atomic E-state index is 0.175. The molecule has 4 aromatic rings. The van der Waals surface area contributed by atoms with Gasteiger partial charge in [0.05, 0.1) is 34.1 Å². The Morgan fingerprint density at radius 2 is 1.59 bits per heavy atom. The molecule has 0 saturated carbocycles. The van der Waals surface area contributed by atoms with Crippen molar-refractivity contribution in [2.75, 3.05) is 33.8 Å². The molecule has 2 aromatic carbocycles. The third kappa shape index (κ3) is 4.51. The summed E-state index contributed by atoms with van der Waals surface area (Å²) in [5.74, 6) is 1.85. The number of methoxy groups -OCH3 is 4. The van der Waals surface area contributed by atoms with Crippen LogP contribution in [0.1, 0.15) is 0 Å². The number of nitrogens with one attached hydrogen (secondary N) is 1. The maximum Gasteiger partial charge on any atom is 0.277 e. The molecule has 0 aliphatic rings. The number of amides is 1. The van der Waals surface area contributed by atoms with Crippen molar-refractivity contribution in [2.45, 2.75) is 6.54 Å². The molecule has 0 spiro atoms. The fourth-order valence-corrected chi connectivity index (χ4v) is 3.52. The molecule has 176 valence electrons. The first-order chi connectivity index (χ1) is 16.4. The van der Waals surface area contributed by atoms with Crippen molar-refractivity contribution in [1.82, 2.24) is 14.2 Å². The molecule has 2 heterocycles. The smallest absolute Gasteiger partial charge is 0.277 e. The SMILES string of the molecule is COc1cc(NC(=O)Cn2ccn3nc(-c4ccc(OC)c(OC)c4)cc3c2=O)cc(OC)c1. The molecule has 0 atom stereocenters. The number of hydrogen-bond donors (Lipinski definition) is 1. The zero-order chi connectivity index (χ0) is 24.2. The van der Waals surface area contributed by atoms with Gasteiger partial charge in [0.1, 0.15) is 23.6 Å². The van der Waals surface area contributed by atoms with E-state index in [1.807, 2.05) is 6.07 Å². The lowest BCUT2D eigenvalue weighted by molar-refractivity contribution is -0.116. The van der Waals surface area contributed by atoms with Gasteiger partial charge in [-0.2, -0.15) is 5.10 Å². The summed E-state index contributed by atoms with van der Waals surface area (Å²) in [7, 11) is 6.16. The summed E-state index contributed by atoms with van der Waals surface area (Å²) in [6, 6.07) is 12.1. The number of nitrogens with zero attached hydrogens (tertiary/aromatic N) is 3. The van der Waals surface area contributed by atoms with Crippen molar-refractivity contribution in [2.24, 2.45) is 0 Å². The zero-order valence-corrected chi connectivity index (χ0v) is 19.2. The molecule has 0 aliphatic carbocycles. The van der Waals surface area contributed by atoms with E-state index in [-0.39, 0.29) is 18.0 Å². The standard InChI is InChI=1S/C24H24N4O6/c1-31-17-10-16(11-18(12-17)32-2)25-23(29)14-27-7-8-28-20(24(27)30)13-19(26-28)15-5-6-21(33-3)22(9-15)34-4/h5-13H,14H2,1-4H3,(H,25,29). The van der Waals surface area contributed by atoms with Crippen LogP contribution in [-0.2, 0) is 11.3 Å². The van der Waals surface area contributed by atoms with Crippen LogP contribution in [0.5, 0.6) is 23.0 Å². The minimum Gasteiger partial charge on any atom is -0.497 e. The lowest BCUT2D eigenvalue weighted by atomic mass is 10.1. The van der Waals surface area contributed by atoms with E-state index in [0.717, 1.165) is 5.56 Å². The molecule has 0 unspecified atom stereocenters. The van der Waals surface area contributed by atoms with E-state index in [2.05, 4.69) is 10.4 Å². The highest BCUT2D eigenvalue weighted by molar-refractivity contribution is 5.91. The topological polar surface area (TPSA) is 105 Å². The van der Waals surface area contributed by atoms with Gasteiger partial charge in [0, 0.05) is 41.8 Å². The fourth-order valence-electron chi connectivity index (χ4n) is 3.52. The first-order valence-electron chi connectivity index (χ1n) is 10.3. The van der Waals surface area contributed by atoms with Crippen LogP contribution in [0.25, 0.3) is 16.8 Å². The average molecular weight is 464 g/mol. The van der Waals surface area contributed by atoms with Gasteiger partial charge in [-0.05, 0) is 24.3 Å². The Morgan fingerprint density at radius 3 is 2.24 bits per heavy atom. The van der Waals surface area contributed by atoms with Gasteiger partial charge in [-0.3, -0.25) is 9.59 Å². The van der Waals surface area contributed by atoms with Crippen LogP contribution in [0.3, 0.4) is 0 Å². The van der Waals surface area contributed by atoms with Crippen LogP contribution < -0.4 is 29.8 Å². The molecule has 10 nitrogen and oxygen atoms in total. The Hall–Kier alpha value is -4.47. The lowest BCUT2D eigenvalue weighted by Crippen LogP contribution is -2.28. The maximum absolute atomic E-state index is 13.0. The van der Waals surface area contributed by atoms with Crippen molar-refractivity contribution in [3.05, 3.63) is 65.2 Å². The molecular weight excluding hydrogens is 440 g/mol. The van der Waals surface area contributed by atoms with Gasteiger partial charge < -0.3 is 28.8 Å². The van der Waals surface area contributed by atoms with Crippen LogP contribution >= 0.6 is 0 Å². The molecular formula is C24H24N4O6. The summed E-state index contributed by atoms with van der Waals surface area (Å²) in [6.45, 7) is -0.175. The van der Waals surface area contributed by atoms with Crippen LogP contribution in [0.4, 0.5) is 5.69 Å². The highest BCUT2D eigenvalue weighted by atomic mass is 16.5. The molecule has 10 heteroatoms. The Balaban J connectivity index is 1.59. The second-order valence-corrected chi connectivity index (χ2v) is 7.31. The number of carbonyl (C=O) groups is 1. The highest BCUT2D eigenvalue weighted by Crippen LogP contribution is 2.32. The third-order valence-electron chi connectivity index (χ3n) is 5.23. The van der Waals surface area contributed by atoms with Gasteiger partial charge in [-0.25, -0.2) is 4.52 Å². The number of benzene rings is 2. The minimum atomic E-state index is -0.374. The molecule has 1 amide bonds. The van der Waals surface area contributed by atoms with Crippen LogP contribution in [0.2, 0.25) is 0 Å². The molecule has 0 aliphatic heterocycles. The summed E-state index contributed by atoms with van der Waals surface area (Å²) in [4.78, 5) is 25.6. The van der Waals surface area contributed by atoms with E-state index < -0.39 is 0 Å². The Kier molecular flexibility index (Phi) is 6.39. The van der Waals surface area contributed by atoms with E-state index in [1.54, 1.807) is 56.8 Å². The van der Waals surface area contributed by atoms with Crippen molar-refractivity contribution in [3.63, 3.8) is 0 Å². The van der Waals surface area contributed by atoms with Gasteiger partial charge in [-0.1, -0.05) is 0 Å². The fraction of sp³-hybridized carbons (Fsp3) is 0.208. The molecule has 1 N–H and O–H groups in total. The summed E-state index contributed by atoms with van der Waals surface area (Å²) in [5.41, 5.74) is 1.83. The predicted molar refractivity (Wildman–Crippen MR) is 126 cm³/mol. The summed E-state index contributed by atoms with van der Waals surface area (Å²) in [6.07, 6.45) is 3.15. The van der Waals surface area contributed by atoms with Crippen LogP contribution in [-0.4, -0.2) is 48.5 Å². The van der Waals surface area contributed by atoms with Crippen molar-refractivity contribution in [3.8, 4) is 34.3 Å². The number of fused-ring (bicyclic) bond motifs is 1. The largest absolute Gasteiger partial charge is 0.497 e. The van der Waals surface area contributed by atoms with Crippen molar-refractivity contribution in [1.29, 1.82) is 0 Å². The van der Waals surface area contributed by atoms with E-state index in [9.17, 15) is 9.59 Å². The predicted octanol–water partition coefficient (Wildman–Crippen LogP) is 2.84.